The van der Waals surface area contributed by atoms with Crippen molar-refractivity contribution in [2.45, 2.75) is 0 Å². The van der Waals surface area contributed by atoms with Crippen LogP contribution in [-0.4, -0.2) is 17.6 Å². The van der Waals surface area contributed by atoms with Gasteiger partial charge in [-0.3, -0.25) is 4.79 Å². The number of carbonyl (C=O) groups is 1. The number of carbonyl (C=O) groups excluding carboxylic acids is 1. The van der Waals surface area contributed by atoms with Crippen LogP contribution in [0.1, 0.15) is 10.5 Å². The highest BCUT2D eigenvalue weighted by molar-refractivity contribution is 6.33. The van der Waals surface area contributed by atoms with Crippen molar-refractivity contribution < 1.29 is 13.9 Å². The van der Waals surface area contributed by atoms with Crippen LogP contribution in [0, 0.1) is 5.82 Å². The van der Waals surface area contributed by atoms with Gasteiger partial charge in [-0.15, -0.1) is 0 Å². The number of rotatable bonds is 1. The third-order valence-electron chi connectivity index (χ3n) is 1.71. The molecule has 0 aromatic carbocycles. The topological polar surface area (TPSA) is 48.3 Å². The third-order valence-corrected chi connectivity index (χ3v) is 2.07. The lowest BCUT2D eigenvalue weighted by Gasteiger charge is -2.07. The van der Waals surface area contributed by atoms with E-state index in [4.69, 9.17) is 11.6 Å². The number of pyridine rings is 1. The van der Waals surface area contributed by atoms with Gasteiger partial charge in [0.15, 0.2) is 5.69 Å². The first-order valence-corrected chi connectivity index (χ1v) is 4.00. The molecule has 1 aromatic rings. The van der Waals surface area contributed by atoms with E-state index in [9.17, 15) is 14.0 Å². The molecular formula is C8H7ClFNO3. The minimum absolute atomic E-state index is 0.292. The average Bonchev–Trinajstić information content (AvgIpc) is 2.15. The number of esters is 1. The maximum atomic E-state index is 13.0. The second kappa shape index (κ2) is 3.79. The maximum absolute atomic E-state index is 13.0. The number of methoxy groups -OCH3 is 1. The standard InChI is InChI=1S/C8H7ClFNO3/c1-11-5(12)3-4(10)6(9)7(11)8(13)14-2/h3H,1-2H3. The van der Waals surface area contributed by atoms with Crippen molar-refractivity contribution in [1.29, 1.82) is 0 Å². The molecule has 0 radical (unpaired) electrons. The minimum atomic E-state index is -0.935. The quantitative estimate of drug-likeness (QED) is 0.661. The number of aromatic nitrogens is 1. The van der Waals surface area contributed by atoms with Crippen LogP contribution in [0.5, 0.6) is 0 Å². The molecule has 0 saturated heterocycles. The molecule has 0 unspecified atom stereocenters. The fraction of sp³-hybridized carbons (Fsp3) is 0.250. The number of hydrogen-bond donors (Lipinski definition) is 0. The fourth-order valence-electron chi connectivity index (χ4n) is 0.962. The summed E-state index contributed by atoms with van der Waals surface area (Å²) >= 11 is 5.51. The summed E-state index contributed by atoms with van der Waals surface area (Å²) in [5.74, 6) is -1.79. The molecule has 0 bridgehead atoms. The van der Waals surface area contributed by atoms with Crippen molar-refractivity contribution in [3.05, 3.63) is 33.0 Å². The van der Waals surface area contributed by atoms with Gasteiger partial charge in [-0.2, -0.15) is 0 Å². The molecule has 0 saturated carbocycles. The largest absolute Gasteiger partial charge is 0.464 e. The van der Waals surface area contributed by atoms with E-state index in [2.05, 4.69) is 4.74 Å². The molecule has 6 heteroatoms. The number of hydrogen-bond acceptors (Lipinski definition) is 3. The highest BCUT2D eigenvalue weighted by Gasteiger charge is 2.19. The van der Waals surface area contributed by atoms with E-state index in [1.165, 1.54) is 7.05 Å². The first-order chi connectivity index (χ1) is 6.49. The Morgan fingerprint density at radius 1 is 1.64 bits per heavy atom. The Bertz CT molecular complexity index is 441. The van der Waals surface area contributed by atoms with Crippen LogP contribution in [0.25, 0.3) is 0 Å². The molecule has 76 valence electrons. The van der Waals surface area contributed by atoms with Crippen molar-refractivity contribution in [2.75, 3.05) is 7.11 Å². The molecule has 1 heterocycles. The van der Waals surface area contributed by atoms with Crippen molar-refractivity contribution in [2.24, 2.45) is 7.05 Å². The van der Waals surface area contributed by atoms with E-state index >= 15 is 0 Å². The lowest BCUT2D eigenvalue weighted by molar-refractivity contribution is 0.0588. The summed E-state index contributed by atoms with van der Waals surface area (Å²) in [5.41, 5.74) is -0.952. The fourth-order valence-corrected chi connectivity index (χ4v) is 1.22. The van der Waals surface area contributed by atoms with Gasteiger partial charge in [0.05, 0.1) is 7.11 Å². The molecule has 0 amide bonds. The van der Waals surface area contributed by atoms with Gasteiger partial charge in [0.25, 0.3) is 5.56 Å². The third kappa shape index (κ3) is 1.63. The molecule has 0 aliphatic heterocycles. The summed E-state index contributed by atoms with van der Waals surface area (Å²) in [6, 6.07) is 0.703. The number of nitrogens with zero attached hydrogens (tertiary/aromatic N) is 1. The van der Waals surface area contributed by atoms with Crippen LogP contribution < -0.4 is 5.56 Å². The minimum Gasteiger partial charge on any atom is -0.464 e. The Morgan fingerprint density at radius 2 is 2.21 bits per heavy atom. The van der Waals surface area contributed by atoms with Crippen LogP contribution in [-0.2, 0) is 11.8 Å². The van der Waals surface area contributed by atoms with E-state index in [1.807, 2.05) is 0 Å². The molecule has 1 rings (SSSR count). The van der Waals surface area contributed by atoms with Gasteiger partial charge in [0.1, 0.15) is 10.8 Å². The Kier molecular flexibility index (Phi) is 2.90. The number of ether oxygens (including phenoxy) is 1. The van der Waals surface area contributed by atoms with E-state index < -0.39 is 22.4 Å². The zero-order chi connectivity index (χ0) is 10.9. The van der Waals surface area contributed by atoms with Gasteiger partial charge >= 0.3 is 5.97 Å². The smallest absolute Gasteiger partial charge is 0.356 e. The Labute approximate surface area is 83.9 Å². The zero-order valence-electron chi connectivity index (χ0n) is 7.51. The van der Waals surface area contributed by atoms with Gasteiger partial charge in [-0.05, 0) is 0 Å². The first-order valence-electron chi connectivity index (χ1n) is 3.62. The monoisotopic (exact) mass is 219 g/mol. The van der Waals surface area contributed by atoms with Gasteiger partial charge < -0.3 is 9.30 Å². The van der Waals surface area contributed by atoms with E-state index in [0.29, 0.717) is 6.07 Å². The average molecular weight is 220 g/mol. The summed E-state index contributed by atoms with van der Waals surface area (Å²) in [6.45, 7) is 0. The Hall–Kier alpha value is -1.36. The van der Waals surface area contributed by atoms with Crippen molar-refractivity contribution in [3.63, 3.8) is 0 Å². The molecule has 0 fully saturated rings. The van der Waals surface area contributed by atoms with E-state index in [-0.39, 0.29) is 5.69 Å². The Balaban J connectivity index is 3.55. The number of halogens is 2. The second-order valence-corrected chi connectivity index (χ2v) is 2.92. The maximum Gasteiger partial charge on any atom is 0.356 e. The molecular weight excluding hydrogens is 213 g/mol. The van der Waals surface area contributed by atoms with Gasteiger partial charge in [-0.25, -0.2) is 9.18 Å². The second-order valence-electron chi connectivity index (χ2n) is 2.54. The molecule has 0 aliphatic rings. The van der Waals surface area contributed by atoms with Crippen LogP contribution in [0.2, 0.25) is 5.02 Å². The highest BCUT2D eigenvalue weighted by atomic mass is 35.5. The Morgan fingerprint density at radius 3 is 2.71 bits per heavy atom. The van der Waals surface area contributed by atoms with E-state index in [1.54, 1.807) is 0 Å². The van der Waals surface area contributed by atoms with Gasteiger partial charge in [0.2, 0.25) is 0 Å². The first kappa shape index (κ1) is 10.7. The molecule has 4 nitrogen and oxygen atoms in total. The lowest BCUT2D eigenvalue weighted by atomic mass is 10.3. The molecule has 14 heavy (non-hydrogen) atoms. The summed E-state index contributed by atoms with van der Waals surface area (Å²) in [4.78, 5) is 22.2. The van der Waals surface area contributed by atoms with Gasteiger partial charge in [0, 0.05) is 13.1 Å². The van der Waals surface area contributed by atoms with Crippen LogP contribution in [0.15, 0.2) is 10.9 Å². The van der Waals surface area contributed by atoms with Gasteiger partial charge in [-0.1, -0.05) is 11.6 Å². The summed E-state index contributed by atoms with van der Waals surface area (Å²) in [7, 11) is 2.42. The zero-order valence-corrected chi connectivity index (χ0v) is 8.26. The highest BCUT2D eigenvalue weighted by Crippen LogP contribution is 2.17. The van der Waals surface area contributed by atoms with E-state index in [0.717, 1.165) is 11.7 Å². The molecule has 0 aliphatic carbocycles. The van der Waals surface area contributed by atoms with Crippen molar-refractivity contribution >= 4 is 17.6 Å². The summed E-state index contributed by atoms with van der Waals surface area (Å²) < 4.78 is 18.2. The van der Waals surface area contributed by atoms with Crippen molar-refractivity contribution in [3.8, 4) is 0 Å². The molecule has 0 N–H and O–H groups in total. The van der Waals surface area contributed by atoms with Crippen LogP contribution in [0.4, 0.5) is 4.39 Å². The summed E-state index contributed by atoms with van der Waals surface area (Å²) in [5, 5.41) is -0.418. The lowest BCUT2D eigenvalue weighted by Crippen LogP contribution is -2.24. The molecule has 0 atom stereocenters. The molecule has 0 spiro atoms. The normalized spacial score (nSPS) is 10.0. The van der Waals surface area contributed by atoms with Crippen LogP contribution in [0.3, 0.4) is 0 Å². The van der Waals surface area contributed by atoms with Crippen molar-refractivity contribution in [1.82, 2.24) is 4.57 Å². The predicted molar refractivity (Wildman–Crippen MR) is 48.0 cm³/mol. The summed E-state index contributed by atoms with van der Waals surface area (Å²) in [6.07, 6.45) is 0. The predicted octanol–water partition coefficient (Wildman–Crippen LogP) is 0.964. The SMILES string of the molecule is COC(=O)c1c(Cl)c(F)cc(=O)n1C. The van der Waals surface area contributed by atoms with Crippen LogP contribution >= 0.6 is 11.6 Å². The molecule has 1 aromatic heterocycles.